The molecule has 10 nitrogen and oxygen atoms in total. The lowest BCUT2D eigenvalue weighted by atomic mass is 10.1. The number of esters is 1. The van der Waals surface area contributed by atoms with Gasteiger partial charge in [-0.3, -0.25) is 19.4 Å². The third kappa shape index (κ3) is 4.57. The van der Waals surface area contributed by atoms with Gasteiger partial charge in [-0.2, -0.15) is 0 Å². The Hall–Kier alpha value is -3.47. The lowest BCUT2D eigenvalue weighted by Gasteiger charge is -2.24. The van der Waals surface area contributed by atoms with Crippen molar-refractivity contribution in [2.24, 2.45) is 0 Å². The molecule has 3 rings (SSSR count). The molecule has 170 valence electrons. The van der Waals surface area contributed by atoms with Crippen molar-refractivity contribution in [1.29, 1.82) is 0 Å². The number of carbonyl (C=O) groups excluding carboxylic acids is 4. The van der Waals surface area contributed by atoms with Crippen molar-refractivity contribution in [3.63, 3.8) is 0 Å². The number of urea groups is 1. The monoisotopic (exact) mass is 460 g/mol. The molecule has 1 saturated heterocycles. The Morgan fingerprint density at radius 3 is 2.59 bits per heavy atom. The Labute approximate surface area is 189 Å². The van der Waals surface area contributed by atoms with Crippen LogP contribution in [-0.2, 0) is 14.3 Å². The fourth-order valence-corrected chi connectivity index (χ4v) is 4.39. The van der Waals surface area contributed by atoms with Gasteiger partial charge in [0.15, 0.2) is 10.8 Å². The van der Waals surface area contributed by atoms with Crippen LogP contribution < -0.4 is 15.0 Å². The molecule has 2 aromatic rings. The minimum Gasteiger partial charge on any atom is -0.497 e. The van der Waals surface area contributed by atoms with Crippen molar-refractivity contribution in [1.82, 2.24) is 15.2 Å². The molecule has 4 amide bonds. The quantitative estimate of drug-likeness (QED) is 0.498. The topological polar surface area (TPSA) is 118 Å². The largest absolute Gasteiger partial charge is 0.497 e. The summed E-state index contributed by atoms with van der Waals surface area (Å²) in [5.41, 5.74) is 0.908. The predicted octanol–water partition coefficient (Wildman–Crippen LogP) is 2.36. The van der Waals surface area contributed by atoms with Gasteiger partial charge in [0.05, 0.1) is 20.3 Å². The maximum absolute atomic E-state index is 13.1. The summed E-state index contributed by atoms with van der Waals surface area (Å²) in [6, 6.07) is 4.78. The number of carbonyl (C=O) groups is 4. The van der Waals surface area contributed by atoms with Gasteiger partial charge in [-0.1, -0.05) is 12.1 Å². The van der Waals surface area contributed by atoms with Crippen LogP contribution in [0.4, 0.5) is 9.93 Å². The molecule has 1 aromatic carbocycles. The van der Waals surface area contributed by atoms with Crippen LogP contribution in [0.5, 0.6) is 5.75 Å². The summed E-state index contributed by atoms with van der Waals surface area (Å²) >= 11 is 1.11. The van der Waals surface area contributed by atoms with Gasteiger partial charge >= 0.3 is 12.0 Å². The minimum absolute atomic E-state index is 0.0919. The number of benzene rings is 1. The van der Waals surface area contributed by atoms with Crippen molar-refractivity contribution in [2.45, 2.75) is 38.4 Å². The lowest BCUT2D eigenvalue weighted by Crippen LogP contribution is -2.49. The molecule has 0 saturated carbocycles. The van der Waals surface area contributed by atoms with E-state index in [1.807, 2.05) is 0 Å². The van der Waals surface area contributed by atoms with Crippen molar-refractivity contribution in [3.05, 3.63) is 40.9 Å². The third-order valence-corrected chi connectivity index (χ3v) is 6.10. The van der Waals surface area contributed by atoms with E-state index in [1.54, 1.807) is 45.2 Å². The Morgan fingerprint density at radius 1 is 1.31 bits per heavy atom. The van der Waals surface area contributed by atoms with E-state index in [-0.39, 0.29) is 18.2 Å². The van der Waals surface area contributed by atoms with E-state index in [0.717, 1.165) is 21.8 Å². The number of ether oxygens (including phenoxy) is 2. The summed E-state index contributed by atoms with van der Waals surface area (Å²) in [6.07, 6.45) is 0.603. The fraction of sp³-hybridized carbons (Fsp3) is 0.381. The number of imide groups is 1. The molecule has 0 radical (unpaired) electrons. The standard InChI is InChI=1S/C21H24N4O6S/c1-12-9-17(18(27)25(12)21-23-16(10-32-21)19(28)31-4)24(11-26)20(29)22-13(2)14-5-7-15(30-3)8-6-14/h5-8,10-13,17H,9H2,1-4H3,(H,22,29)/t12?,13?,17-/m0/s1. The summed E-state index contributed by atoms with van der Waals surface area (Å²) < 4.78 is 9.78. The Balaban J connectivity index is 1.72. The van der Waals surface area contributed by atoms with Crippen LogP contribution in [0.25, 0.3) is 0 Å². The number of amides is 4. The zero-order valence-electron chi connectivity index (χ0n) is 18.1. The molecule has 1 fully saturated rings. The number of rotatable bonds is 7. The van der Waals surface area contributed by atoms with Crippen molar-refractivity contribution >= 4 is 40.8 Å². The molecule has 0 bridgehead atoms. The van der Waals surface area contributed by atoms with Crippen LogP contribution in [0.2, 0.25) is 0 Å². The fourth-order valence-electron chi connectivity index (χ4n) is 3.49. The molecular formula is C21H24N4O6S. The maximum Gasteiger partial charge on any atom is 0.357 e. The Morgan fingerprint density at radius 2 is 2.00 bits per heavy atom. The van der Waals surface area contributed by atoms with Gasteiger partial charge in [0.2, 0.25) is 6.41 Å². The highest BCUT2D eigenvalue weighted by molar-refractivity contribution is 7.14. The molecule has 11 heteroatoms. The summed E-state index contributed by atoms with van der Waals surface area (Å²) in [5, 5.41) is 4.55. The molecule has 2 heterocycles. The lowest BCUT2D eigenvalue weighted by molar-refractivity contribution is -0.127. The highest BCUT2D eigenvalue weighted by Crippen LogP contribution is 2.31. The minimum atomic E-state index is -0.976. The van der Waals surface area contributed by atoms with Gasteiger partial charge in [-0.15, -0.1) is 11.3 Å². The molecule has 2 unspecified atom stereocenters. The van der Waals surface area contributed by atoms with Crippen LogP contribution in [-0.4, -0.2) is 60.5 Å². The summed E-state index contributed by atoms with van der Waals surface area (Å²) in [6.45, 7) is 3.57. The van der Waals surface area contributed by atoms with E-state index in [0.29, 0.717) is 17.3 Å². The first kappa shape index (κ1) is 23.2. The summed E-state index contributed by atoms with van der Waals surface area (Å²) in [5.74, 6) is -0.364. The number of hydrogen-bond donors (Lipinski definition) is 1. The van der Waals surface area contributed by atoms with E-state index >= 15 is 0 Å². The number of nitrogens with one attached hydrogen (secondary N) is 1. The van der Waals surface area contributed by atoms with Gasteiger partial charge in [0, 0.05) is 11.4 Å². The second-order valence-electron chi connectivity index (χ2n) is 7.27. The van der Waals surface area contributed by atoms with Crippen molar-refractivity contribution < 1.29 is 28.7 Å². The first-order valence-electron chi connectivity index (χ1n) is 9.85. The molecule has 0 spiro atoms. The number of anilines is 1. The van der Waals surface area contributed by atoms with Gasteiger partial charge < -0.3 is 14.8 Å². The average Bonchev–Trinajstić information content (AvgIpc) is 3.38. The predicted molar refractivity (Wildman–Crippen MR) is 117 cm³/mol. The number of aromatic nitrogens is 1. The number of methoxy groups -OCH3 is 2. The Kier molecular flexibility index (Phi) is 7.08. The smallest absolute Gasteiger partial charge is 0.357 e. The Bertz CT molecular complexity index is 1010. The molecule has 1 aliphatic rings. The number of hydrogen-bond acceptors (Lipinski definition) is 8. The van der Waals surface area contributed by atoms with Crippen LogP contribution in [0.1, 0.15) is 42.4 Å². The second kappa shape index (κ2) is 9.77. The van der Waals surface area contributed by atoms with Crippen LogP contribution in [0.3, 0.4) is 0 Å². The van der Waals surface area contributed by atoms with Crippen molar-refractivity contribution in [2.75, 3.05) is 19.1 Å². The number of thiazole rings is 1. The second-order valence-corrected chi connectivity index (χ2v) is 8.11. The van der Waals surface area contributed by atoms with Gasteiger partial charge in [0.25, 0.3) is 5.91 Å². The molecule has 3 atom stereocenters. The van der Waals surface area contributed by atoms with E-state index in [2.05, 4.69) is 15.0 Å². The van der Waals surface area contributed by atoms with Gasteiger partial charge in [-0.25, -0.2) is 14.6 Å². The van der Waals surface area contributed by atoms with Gasteiger partial charge in [0.1, 0.15) is 11.8 Å². The number of nitrogens with zero attached hydrogens (tertiary/aromatic N) is 3. The first-order valence-corrected chi connectivity index (χ1v) is 10.7. The van der Waals surface area contributed by atoms with E-state index in [9.17, 15) is 19.2 Å². The van der Waals surface area contributed by atoms with Crippen molar-refractivity contribution in [3.8, 4) is 5.75 Å². The zero-order chi connectivity index (χ0) is 23.4. The summed E-state index contributed by atoms with van der Waals surface area (Å²) in [7, 11) is 2.81. The first-order chi connectivity index (χ1) is 15.3. The van der Waals surface area contributed by atoms with Crippen LogP contribution in [0, 0.1) is 0 Å². The van der Waals surface area contributed by atoms with Gasteiger partial charge in [-0.05, 0) is 38.0 Å². The molecule has 0 aliphatic carbocycles. The van der Waals surface area contributed by atoms with Crippen LogP contribution >= 0.6 is 11.3 Å². The molecule has 1 N–H and O–H groups in total. The van der Waals surface area contributed by atoms with Crippen LogP contribution in [0.15, 0.2) is 29.6 Å². The maximum atomic E-state index is 13.1. The van der Waals surface area contributed by atoms with E-state index in [4.69, 9.17) is 4.74 Å². The average molecular weight is 461 g/mol. The summed E-state index contributed by atoms with van der Waals surface area (Å²) in [4.78, 5) is 55.8. The molecule has 1 aromatic heterocycles. The van der Waals surface area contributed by atoms with E-state index < -0.39 is 30.0 Å². The molecule has 32 heavy (non-hydrogen) atoms. The zero-order valence-corrected chi connectivity index (χ0v) is 18.9. The SMILES string of the molecule is COC(=O)c1csc(N2C(=O)[C@@H](N(C=O)C(=O)NC(C)c3ccc(OC)cc3)CC2C)n1. The highest BCUT2D eigenvalue weighted by Gasteiger charge is 2.44. The normalized spacial score (nSPS) is 18.8. The molecular weight excluding hydrogens is 436 g/mol. The highest BCUT2D eigenvalue weighted by atomic mass is 32.1. The third-order valence-electron chi connectivity index (χ3n) is 5.26. The molecule has 1 aliphatic heterocycles. The van der Waals surface area contributed by atoms with E-state index in [1.165, 1.54) is 17.4 Å².